The number of hydrogen-bond donors (Lipinski definition) is 0. The Kier molecular flexibility index (Phi) is 24.6. The molecule has 0 unspecified atom stereocenters. The molecule has 0 rings (SSSR count). The summed E-state index contributed by atoms with van der Waals surface area (Å²) < 4.78 is 0. The third-order valence-corrected chi connectivity index (χ3v) is 8.12. The van der Waals surface area contributed by atoms with Crippen LogP contribution in [0.1, 0.15) is 195 Å². The van der Waals surface area contributed by atoms with Crippen LogP contribution in [-0.2, 0) is 0 Å². The maximum absolute atomic E-state index is 2.43. The van der Waals surface area contributed by atoms with Gasteiger partial charge in [0.1, 0.15) is 0 Å². The minimum Gasteiger partial charge on any atom is -0.0654 e. The molecule has 0 spiro atoms. The van der Waals surface area contributed by atoms with Gasteiger partial charge in [0.15, 0.2) is 0 Å². The molecule has 0 amide bonds. The van der Waals surface area contributed by atoms with Crippen LogP contribution in [0.4, 0.5) is 0 Å². The van der Waals surface area contributed by atoms with Crippen LogP contribution in [0.15, 0.2) is 0 Å². The molecule has 188 valence electrons. The van der Waals surface area contributed by atoms with Gasteiger partial charge in [0, 0.05) is 0 Å². The topological polar surface area (TPSA) is 0 Å². The second-order valence-electron chi connectivity index (χ2n) is 10.8. The molecule has 0 fully saturated rings. The van der Waals surface area contributed by atoms with Crippen molar-refractivity contribution in [3.05, 3.63) is 0 Å². The predicted octanol–water partition coefficient (Wildman–Crippen LogP) is 12.2. The fourth-order valence-electron chi connectivity index (χ4n) is 5.39. The molecule has 0 nitrogen and oxygen atoms in total. The van der Waals surface area contributed by atoms with Crippen molar-refractivity contribution in [2.75, 3.05) is 0 Å². The van der Waals surface area contributed by atoms with Gasteiger partial charge < -0.3 is 0 Å². The molecule has 0 heteroatoms. The highest BCUT2D eigenvalue weighted by Crippen LogP contribution is 2.38. The van der Waals surface area contributed by atoms with E-state index in [-0.39, 0.29) is 0 Å². The van der Waals surface area contributed by atoms with Crippen molar-refractivity contribution in [1.29, 1.82) is 0 Å². The summed E-state index contributed by atoms with van der Waals surface area (Å²) in [6, 6.07) is 0. The van der Waals surface area contributed by atoms with E-state index in [1.807, 2.05) is 0 Å². The van der Waals surface area contributed by atoms with Gasteiger partial charge in [-0.3, -0.25) is 0 Å². The highest BCUT2D eigenvalue weighted by Gasteiger charge is 2.24. The SMILES string of the molecule is CCCCCCCCCCCCCCCCCCCCCCC(CC)(CC)CCCC. The highest BCUT2D eigenvalue weighted by atomic mass is 14.3. The van der Waals surface area contributed by atoms with E-state index in [0.29, 0.717) is 5.41 Å². The Morgan fingerprint density at radius 1 is 0.290 bits per heavy atom. The van der Waals surface area contributed by atoms with Crippen LogP contribution in [0.2, 0.25) is 0 Å². The van der Waals surface area contributed by atoms with Gasteiger partial charge in [-0.1, -0.05) is 182 Å². The summed E-state index contributed by atoms with van der Waals surface area (Å²) >= 11 is 0. The van der Waals surface area contributed by atoms with Gasteiger partial charge in [-0.25, -0.2) is 0 Å². The zero-order valence-corrected chi connectivity index (χ0v) is 22.9. The molecule has 0 N–H and O–H groups in total. The van der Waals surface area contributed by atoms with Crippen molar-refractivity contribution in [1.82, 2.24) is 0 Å². The third-order valence-electron chi connectivity index (χ3n) is 8.12. The molecular weight excluding hydrogens is 372 g/mol. The van der Waals surface area contributed by atoms with Crippen LogP contribution < -0.4 is 0 Å². The first-order chi connectivity index (χ1) is 15.2. The van der Waals surface area contributed by atoms with Crippen molar-refractivity contribution >= 4 is 0 Å². The largest absolute Gasteiger partial charge is 0.0654 e. The van der Waals surface area contributed by atoms with E-state index < -0.39 is 0 Å². The second kappa shape index (κ2) is 24.6. The van der Waals surface area contributed by atoms with Gasteiger partial charge in [0.05, 0.1) is 0 Å². The quantitative estimate of drug-likeness (QED) is 0.118. The lowest BCUT2D eigenvalue weighted by Gasteiger charge is -2.32. The Bertz CT molecular complexity index is 314. The summed E-state index contributed by atoms with van der Waals surface area (Å²) in [6.45, 7) is 9.50. The van der Waals surface area contributed by atoms with E-state index >= 15 is 0 Å². The summed E-state index contributed by atoms with van der Waals surface area (Å²) in [5.41, 5.74) is 0.671. The van der Waals surface area contributed by atoms with Gasteiger partial charge >= 0.3 is 0 Å². The van der Waals surface area contributed by atoms with Crippen LogP contribution in [-0.4, -0.2) is 0 Å². The van der Waals surface area contributed by atoms with Crippen molar-refractivity contribution in [2.24, 2.45) is 5.41 Å². The maximum atomic E-state index is 2.43. The van der Waals surface area contributed by atoms with Gasteiger partial charge in [-0.2, -0.15) is 0 Å². The minimum absolute atomic E-state index is 0.671. The normalized spacial score (nSPS) is 12.0. The predicted molar refractivity (Wildman–Crippen MR) is 145 cm³/mol. The van der Waals surface area contributed by atoms with E-state index in [9.17, 15) is 0 Å². The molecule has 0 aliphatic carbocycles. The van der Waals surface area contributed by atoms with E-state index in [1.165, 1.54) is 167 Å². The summed E-state index contributed by atoms with van der Waals surface area (Å²) in [5.74, 6) is 0. The Hall–Kier alpha value is 0. The molecule has 0 saturated carbocycles. The first kappa shape index (κ1) is 31.0. The molecule has 31 heavy (non-hydrogen) atoms. The Balaban J connectivity index is 3.28. The monoisotopic (exact) mass is 437 g/mol. The highest BCUT2D eigenvalue weighted by molar-refractivity contribution is 4.76. The Morgan fingerprint density at radius 3 is 0.839 bits per heavy atom. The van der Waals surface area contributed by atoms with Crippen LogP contribution >= 0.6 is 0 Å². The van der Waals surface area contributed by atoms with Crippen LogP contribution in [0.5, 0.6) is 0 Å². The summed E-state index contributed by atoms with van der Waals surface area (Å²) in [5, 5.41) is 0. The Labute approximate surface area is 200 Å². The molecule has 0 bridgehead atoms. The lowest BCUT2D eigenvalue weighted by molar-refractivity contribution is 0.204. The van der Waals surface area contributed by atoms with E-state index in [0.717, 1.165) is 0 Å². The summed E-state index contributed by atoms with van der Waals surface area (Å²) in [4.78, 5) is 0. The first-order valence-corrected chi connectivity index (χ1v) is 15.2. The van der Waals surface area contributed by atoms with Crippen molar-refractivity contribution < 1.29 is 0 Å². The molecule has 0 aliphatic rings. The van der Waals surface area contributed by atoms with Gasteiger partial charge in [0.2, 0.25) is 0 Å². The Morgan fingerprint density at radius 2 is 0.548 bits per heavy atom. The van der Waals surface area contributed by atoms with Crippen molar-refractivity contribution in [3.8, 4) is 0 Å². The second-order valence-corrected chi connectivity index (χ2v) is 10.8. The summed E-state index contributed by atoms with van der Waals surface area (Å²) in [6.07, 6.45) is 38.1. The molecule has 0 heterocycles. The van der Waals surface area contributed by atoms with Gasteiger partial charge in [0.25, 0.3) is 0 Å². The van der Waals surface area contributed by atoms with Crippen LogP contribution in [0.25, 0.3) is 0 Å². The third kappa shape index (κ3) is 20.3. The molecule has 0 atom stereocenters. The molecule has 0 aromatic heterocycles. The van der Waals surface area contributed by atoms with Crippen molar-refractivity contribution in [2.45, 2.75) is 195 Å². The zero-order valence-electron chi connectivity index (χ0n) is 22.9. The van der Waals surface area contributed by atoms with Crippen LogP contribution in [0.3, 0.4) is 0 Å². The van der Waals surface area contributed by atoms with Gasteiger partial charge in [-0.05, 0) is 18.3 Å². The summed E-state index contributed by atoms with van der Waals surface area (Å²) in [7, 11) is 0. The molecular formula is C31H64. The fourth-order valence-corrected chi connectivity index (χ4v) is 5.39. The molecule has 0 radical (unpaired) electrons. The minimum atomic E-state index is 0.671. The average molecular weight is 437 g/mol. The van der Waals surface area contributed by atoms with Crippen LogP contribution in [0, 0.1) is 5.41 Å². The van der Waals surface area contributed by atoms with E-state index in [2.05, 4.69) is 27.7 Å². The number of unbranched alkanes of at least 4 members (excludes halogenated alkanes) is 20. The van der Waals surface area contributed by atoms with Gasteiger partial charge in [-0.15, -0.1) is 0 Å². The molecule has 0 aliphatic heterocycles. The number of rotatable bonds is 26. The number of hydrogen-bond acceptors (Lipinski definition) is 0. The fraction of sp³-hybridized carbons (Fsp3) is 1.00. The van der Waals surface area contributed by atoms with E-state index in [4.69, 9.17) is 0 Å². The lowest BCUT2D eigenvalue weighted by atomic mass is 9.74. The standard InChI is InChI=1S/C31H64/c1-5-9-11-12-13-14-15-16-17-18-19-20-21-22-23-24-25-26-27-28-30-31(7-3,8-4)29-10-6-2/h5-30H2,1-4H3. The average Bonchev–Trinajstić information content (AvgIpc) is 2.80. The zero-order chi connectivity index (χ0) is 22.9. The molecule has 0 aromatic carbocycles. The molecule has 0 aromatic rings. The lowest BCUT2D eigenvalue weighted by Crippen LogP contribution is -2.18. The first-order valence-electron chi connectivity index (χ1n) is 15.2. The maximum Gasteiger partial charge on any atom is -0.0303 e. The molecule has 0 saturated heterocycles. The van der Waals surface area contributed by atoms with E-state index in [1.54, 1.807) is 0 Å². The van der Waals surface area contributed by atoms with Crippen molar-refractivity contribution in [3.63, 3.8) is 0 Å². The smallest absolute Gasteiger partial charge is 0.0303 e.